The van der Waals surface area contributed by atoms with Crippen molar-refractivity contribution in [2.75, 3.05) is 26.2 Å². The van der Waals surface area contributed by atoms with Crippen molar-refractivity contribution < 1.29 is 14.4 Å². The van der Waals surface area contributed by atoms with Crippen molar-refractivity contribution in [3.63, 3.8) is 0 Å². The molecule has 0 aromatic heterocycles. The average molecular weight is 436 g/mol. The Hall–Kier alpha value is -1.32. The van der Waals surface area contributed by atoms with Crippen LogP contribution in [0.25, 0.3) is 0 Å². The van der Waals surface area contributed by atoms with Crippen LogP contribution in [0.5, 0.6) is 0 Å². The number of nitrogens with one attached hydrogen (secondary N) is 3. The van der Waals surface area contributed by atoms with E-state index in [4.69, 9.17) is 0 Å². The van der Waals surface area contributed by atoms with Gasteiger partial charge in [0.15, 0.2) is 0 Å². The Bertz CT molecular complexity index is 701. The molecule has 8 nitrogen and oxygen atoms in total. The van der Waals surface area contributed by atoms with Crippen LogP contribution >= 0.6 is 11.8 Å². The molecule has 3 amide bonds. The van der Waals surface area contributed by atoms with Crippen LogP contribution in [0.4, 0.5) is 0 Å². The van der Waals surface area contributed by atoms with Gasteiger partial charge in [0, 0.05) is 50.4 Å². The zero-order valence-electron chi connectivity index (χ0n) is 17.6. The van der Waals surface area contributed by atoms with E-state index in [0.29, 0.717) is 36.3 Å². The number of carbonyl (C=O) groups excluding carboxylic acids is 3. The third kappa shape index (κ3) is 3.96. The summed E-state index contributed by atoms with van der Waals surface area (Å²) >= 11 is 1.73. The zero-order valence-corrected chi connectivity index (χ0v) is 18.5. The lowest BCUT2D eigenvalue weighted by molar-refractivity contribution is -0.141. The van der Waals surface area contributed by atoms with Crippen LogP contribution in [0.1, 0.15) is 45.4 Å². The van der Waals surface area contributed by atoms with Gasteiger partial charge in [0.25, 0.3) is 0 Å². The second-order valence-electron chi connectivity index (χ2n) is 9.64. The Morgan fingerprint density at radius 2 is 1.77 bits per heavy atom. The van der Waals surface area contributed by atoms with Gasteiger partial charge < -0.3 is 20.4 Å². The number of amides is 3. The van der Waals surface area contributed by atoms with E-state index >= 15 is 0 Å². The lowest BCUT2D eigenvalue weighted by Gasteiger charge is -2.37. The molecule has 3 N–H and O–H groups in total. The molecule has 0 radical (unpaired) electrons. The summed E-state index contributed by atoms with van der Waals surface area (Å²) in [5.74, 6) is 0.891. The van der Waals surface area contributed by atoms with E-state index in [1.54, 1.807) is 16.7 Å². The molecule has 0 aromatic rings. The lowest BCUT2D eigenvalue weighted by Crippen LogP contribution is -2.57. The third-order valence-electron chi connectivity index (χ3n) is 7.68. The Morgan fingerprint density at radius 1 is 0.967 bits per heavy atom. The number of likely N-dealkylation sites (tertiary alicyclic amines) is 2. The number of hydrogen-bond acceptors (Lipinski definition) is 6. The molecule has 5 aliphatic rings. The molecule has 0 spiro atoms. The second kappa shape index (κ2) is 8.31. The fourth-order valence-electron chi connectivity index (χ4n) is 5.81. The van der Waals surface area contributed by atoms with Crippen molar-refractivity contribution in [1.29, 1.82) is 0 Å². The quantitative estimate of drug-likeness (QED) is 0.582. The maximum absolute atomic E-state index is 13.1. The highest BCUT2D eigenvalue weighted by Crippen LogP contribution is 2.36. The molecule has 4 heterocycles. The molecule has 5 rings (SSSR count). The summed E-state index contributed by atoms with van der Waals surface area (Å²) in [7, 11) is 0. The summed E-state index contributed by atoms with van der Waals surface area (Å²) in [6.45, 7) is 4.11. The highest BCUT2D eigenvalue weighted by molar-refractivity contribution is 8.00. The van der Waals surface area contributed by atoms with Crippen molar-refractivity contribution in [2.24, 2.45) is 11.8 Å². The molecule has 1 saturated carbocycles. The summed E-state index contributed by atoms with van der Waals surface area (Å²) in [5, 5.41) is 10.6. The van der Waals surface area contributed by atoms with E-state index in [9.17, 15) is 14.4 Å². The second-order valence-corrected chi connectivity index (χ2v) is 11.0. The maximum atomic E-state index is 13.1. The number of thioether (sulfide) groups is 1. The van der Waals surface area contributed by atoms with Crippen LogP contribution in [0.3, 0.4) is 0 Å². The van der Waals surface area contributed by atoms with Gasteiger partial charge >= 0.3 is 0 Å². The zero-order chi connectivity index (χ0) is 20.8. The van der Waals surface area contributed by atoms with E-state index < -0.39 is 0 Å². The SMILES string of the molecule is CC(=O)N1CC(C(=O)NC2NC3CCN(C(=O)C4CC5CCCCC5N4)CC3S2)C1. The van der Waals surface area contributed by atoms with Crippen molar-refractivity contribution >= 4 is 29.5 Å². The molecule has 9 heteroatoms. The maximum Gasteiger partial charge on any atom is 0.239 e. The number of hydrogen-bond donors (Lipinski definition) is 3. The molecule has 1 aliphatic carbocycles. The summed E-state index contributed by atoms with van der Waals surface area (Å²) in [6, 6.07) is 0.865. The number of nitrogens with zero attached hydrogens (tertiary/aromatic N) is 2. The van der Waals surface area contributed by atoms with Crippen molar-refractivity contribution in [3.05, 3.63) is 0 Å². The minimum atomic E-state index is -0.110. The van der Waals surface area contributed by atoms with Crippen LogP contribution in [0.2, 0.25) is 0 Å². The Balaban J connectivity index is 1.10. The van der Waals surface area contributed by atoms with Gasteiger partial charge in [-0.1, -0.05) is 12.8 Å². The summed E-state index contributed by atoms with van der Waals surface area (Å²) < 4.78 is 0. The van der Waals surface area contributed by atoms with E-state index in [2.05, 4.69) is 16.0 Å². The molecule has 4 saturated heterocycles. The van der Waals surface area contributed by atoms with Crippen molar-refractivity contribution in [3.8, 4) is 0 Å². The van der Waals surface area contributed by atoms with Gasteiger partial charge in [-0.15, -0.1) is 11.8 Å². The Morgan fingerprint density at radius 3 is 2.53 bits per heavy atom. The molecule has 166 valence electrons. The lowest BCUT2D eigenvalue weighted by atomic mass is 9.85. The van der Waals surface area contributed by atoms with Gasteiger partial charge in [-0.2, -0.15) is 0 Å². The number of fused-ring (bicyclic) bond motifs is 2. The molecule has 0 aromatic carbocycles. The van der Waals surface area contributed by atoms with E-state index in [1.807, 2.05) is 4.90 Å². The summed E-state index contributed by atoms with van der Waals surface area (Å²) in [4.78, 5) is 40.6. The third-order valence-corrected chi connectivity index (χ3v) is 9.03. The van der Waals surface area contributed by atoms with Crippen LogP contribution < -0.4 is 16.0 Å². The first-order valence-corrected chi connectivity index (χ1v) is 12.4. The fraction of sp³-hybridized carbons (Fsp3) is 0.857. The van der Waals surface area contributed by atoms with Crippen molar-refractivity contribution in [2.45, 2.75) is 74.3 Å². The Labute approximate surface area is 182 Å². The monoisotopic (exact) mass is 435 g/mol. The molecule has 6 unspecified atom stereocenters. The molecule has 0 bridgehead atoms. The van der Waals surface area contributed by atoms with Crippen LogP contribution in [0.15, 0.2) is 0 Å². The largest absolute Gasteiger partial charge is 0.341 e. The number of piperidine rings is 1. The average Bonchev–Trinajstić information content (AvgIpc) is 3.28. The first-order valence-electron chi connectivity index (χ1n) is 11.5. The first-order chi connectivity index (χ1) is 14.5. The van der Waals surface area contributed by atoms with Crippen LogP contribution in [-0.4, -0.2) is 82.6 Å². The fourth-order valence-corrected chi connectivity index (χ4v) is 7.27. The minimum absolute atomic E-state index is 0.00708. The predicted molar refractivity (Wildman–Crippen MR) is 114 cm³/mol. The highest BCUT2D eigenvalue weighted by atomic mass is 32.2. The molecule has 30 heavy (non-hydrogen) atoms. The highest BCUT2D eigenvalue weighted by Gasteiger charge is 2.45. The summed E-state index contributed by atoms with van der Waals surface area (Å²) in [5.41, 5.74) is -0.110. The molecular weight excluding hydrogens is 402 g/mol. The van der Waals surface area contributed by atoms with E-state index in [1.165, 1.54) is 32.6 Å². The first kappa shape index (κ1) is 20.6. The van der Waals surface area contributed by atoms with Crippen molar-refractivity contribution in [1.82, 2.24) is 25.8 Å². The number of carbonyl (C=O) groups is 3. The van der Waals surface area contributed by atoms with Gasteiger partial charge in [0.05, 0.1) is 12.0 Å². The Kier molecular flexibility index (Phi) is 5.70. The molecule has 5 fully saturated rings. The van der Waals surface area contributed by atoms with Crippen LogP contribution in [0, 0.1) is 11.8 Å². The molecule has 4 aliphatic heterocycles. The van der Waals surface area contributed by atoms with E-state index in [0.717, 1.165) is 25.9 Å². The van der Waals surface area contributed by atoms with Crippen LogP contribution in [-0.2, 0) is 14.4 Å². The normalized spacial score (nSPS) is 38.6. The van der Waals surface area contributed by atoms with Gasteiger partial charge in [0.2, 0.25) is 17.7 Å². The van der Waals surface area contributed by atoms with Gasteiger partial charge in [-0.05, 0) is 31.6 Å². The minimum Gasteiger partial charge on any atom is -0.341 e. The molecule has 6 atom stereocenters. The van der Waals surface area contributed by atoms with Gasteiger partial charge in [-0.3, -0.25) is 19.7 Å². The topological polar surface area (TPSA) is 93.8 Å². The summed E-state index contributed by atoms with van der Waals surface area (Å²) in [6.07, 6.45) is 6.99. The standard InChI is InChI=1S/C21H33N5O3S/c1-12(27)26-9-14(10-26)19(28)24-21-23-16-6-7-25(11-18(16)30-21)20(29)17-8-13-4-2-3-5-15(13)22-17/h13-18,21-23H,2-11H2,1H3,(H,24,28). The van der Waals surface area contributed by atoms with Gasteiger partial charge in [-0.25, -0.2) is 0 Å². The predicted octanol–water partition coefficient (Wildman–Crippen LogP) is 0.0911. The number of rotatable bonds is 3. The van der Waals surface area contributed by atoms with Gasteiger partial charge in [0.1, 0.15) is 5.50 Å². The van der Waals surface area contributed by atoms with E-state index in [-0.39, 0.29) is 35.2 Å². The molecular formula is C21H33N5O3S. The smallest absolute Gasteiger partial charge is 0.239 e.